The van der Waals surface area contributed by atoms with Crippen LogP contribution < -0.4 is 11.1 Å². The summed E-state index contributed by atoms with van der Waals surface area (Å²) in [6.45, 7) is 4.75. The van der Waals surface area contributed by atoms with Gasteiger partial charge in [-0.3, -0.25) is 9.89 Å². The molecular formula is C13H22N4O. The molecule has 0 unspecified atom stereocenters. The van der Waals surface area contributed by atoms with Crippen LogP contribution in [0, 0.1) is 5.92 Å². The molecule has 0 bridgehead atoms. The summed E-state index contributed by atoms with van der Waals surface area (Å²) in [6.07, 6.45) is 5.01. The molecule has 1 fully saturated rings. The van der Waals surface area contributed by atoms with Gasteiger partial charge >= 0.3 is 0 Å². The molecule has 0 saturated heterocycles. The summed E-state index contributed by atoms with van der Waals surface area (Å²) in [5.41, 5.74) is 7.56. The molecule has 5 heteroatoms. The number of aromatic amines is 1. The zero-order valence-electron chi connectivity index (χ0n) is 11.1. The van der Waals surface area contributed by atoms with Crippen molar-refractivity contribution in [3.63, 3.8) is 0 Å². The standard InChI is InChI=1S/C13H22N4O/c1-8(2)11-10(14)12(17-16-11)13(18)15-7-6-9-4-3-5-9/h8-9H,3-7,14H2,1-2H3,(H,15,18)(H,16,17). The lowest BCUT2D eigenvalue weighted by Crippen LogP contribution is -2.28. The summed E-state index contributed by atoms with van der Waals surface area (Å²) in [5, 5.41) is 9.74. The van der Waals surface area contributed by atoms with Gasteiger partial charge in [0.05, 0.1) is 11.4 Å². The Morgan fingerprint density at radius 2 is 2.28 bits per heavy atom. The summed E-state index contributed by atoms with van der Waals surface area (Å²) in [7, 11) is 0. The zero-order valence-corrected chi connectivity index (χ0v) is 11.1. The molecule has 5 nitrogen and oxygen atoms in total. The highest BCUT2D eigenvalue weighted by atomic mass is 16.1. The molecule has 0 atom stereocenters. The van der Waals surface area contributed by atoms with E-state index >= 15 is 0 Å². The first-order chi connectivity index (χ1) is 8.59. The minimum Gasteiger partial charge on any atom is -0.395 e. The fourth-order valence-electron chi connectivity index (χ4n) is 2.23. The van der Waals surface area contributed by atoms with Crippen molar-refractivity contribution in [2.75, 3.05) is 12.3 Å². The summed E-state index contributed by atoms with van der Waals surface area (Å²) in [5.74, 6) is 0.872. The van der Waals surface area contributed by atoms with Crippen molar-refractivity contribution in [3.05, 3.63) is 11.4 Å². The van der Waals surface area contributed by atoms with Gasteiger partial charge in [-0.15, -0.1) is 0 Å². The van der Waals surface area contributed by atoms with Crippen LogP contribution in [-0.4, -0.2) is 22.6 Å². The van der Waals surface area contributed by atoms with Crippen molar-refractivity contribution in [1.82, 2.24) is 15.5 Å². The lowest BCUT2D eigenvalue weighted by molar-refractivity contribution is 0.0945. The highest BCUT2D eigenvalue weighted by Crippen LogP contribution is 2.28. The SMILES string of the molecule is CC(C)c1[nH]nc(C(=O)NCCC2CCC2)c1N. The lowest BCUT2D eigenvalue weighted by atomic mass is 9.83. The molecule has 0 aliphatic heterocycles. The molecule has 1 aliphatic carbocycles. The second-order valence-corrected chi connectivity index (χ2v) is 5.40. The Kier molecular flexibility index (Phi) is 3.89. The van der Waals surface area contributed by atoms with E-state index in [1.165, 1.54) is 19.3 Å². The average Bonchev–Trinajstić information content (AvgIpc) is 2.63. The molecule has 1 saturated carbocycles. The molecule has 0 spiro atoms. The Bertz CT molecular complexity index is 421. The van der Waals surface area contributed by atoms with Gasteiger partial charge in [-0.2, -0.15) is 5.10 Å². The lowest BCUT2D eigenvalue weighted by Gasteiger charge is -2.24. The van der Waals surface area contributed by atoms with E-state index in [2.05, 4.69) is 15.5 Å². The van der Waals surface area contributed by atoms with Crippen LogP contribution in [-0.2, 0) is 0 Å². The van der Waals surface area contributed by atoms with Crippen LogP contribution in [0.3, 0.4) is 0 Å². The number of rotatable bonds is 5. The quantitative estimate of drug-likeness (QED) is 0.747. The molecule has 1 aromatic rings. The third-order valence-electron chi connectivity index (χ3n) is 3.69. The van der Waals surface area contributed by atoms with Crippen molar-refractivity contribution in [2.24, 2.45) is 5.92 Å². The Morgan fingerprint density at radius 1 is 1.56 bits per heavy atom. The number of nitrogens with zero attached hydrogens (tertiary/aromatic N) is 1. The van der Waals surface area contributed by atoms with Crippen molar-refractivity contribution < 1.29 is 4.79 Å². The monoisotopic (exact) mass is 250 g/mol. The van der Waals surface area contributed by atoms with Crippen molar-refractivity contribution >= 4 is 11.6 Å². The van der Waals surface area contributed by atoms with Gasteiger partial charge in [0.2, 0.25) is 0 Å². The molecule has 1 aromatic heterocycles. The van der Waals surface area contributed by atoms with Gasteiger partial charge in [0.1, 0.15) is 0 Å². The fraction of sp³-hybridized carbons (Fsp3) is 0.692. The number of hydrogen-bond acceptors (Lipinski definition) is 3. The van der Waals surface area contributed by atoms with Gasteiger partial charge in [-0.25, -0.2) is 0 Å². The number of nitrogen functional groups attached to an aromatic ring is 1. The molecule has 2 rings (SSSR count). The number of hydrogen-bond donors (Lipinski definition) is 3. The normalized spacial score (nSPS) is 15.7. The fourth-order valence-corrected chi connectivity index (χ4v) is 2.23. The maximum absolute atomic E-state index is 11.9. The third kappa shape index (κ3) is 2.66. The zero-order chi connectivity index (χ0) is 13.1. The first-order valence-electron chi connectivity index (χ1n) is 6.71. The Balaban J connectivity index is 1.87. The predicted octanol–water partition coefficient (Wildman–Crippen LogP) is 2.04. The predicted molar refractivity (Wildman–Crippen MR) is 71.4 cm³/mol. The maximum atomic E-state index is 11.9. The van der Waals surface area contributed by atoms with Crippen LogP contribution >= 0.6 is 0 Å². The van der Waals surface area contributed by atoms with Crippen LogP contribution in [0.15, 0.2) is 0 Å². The number of anilines is 1. The second-order valence-electron chi connectivity index (χ2n) is 5.40. The molecule has 0 aromatic carbocycles. The van der Waals surface area contributed by atoms with Crippen LogP contribution in [0.2, 0.25) is 0 Å². The van der Waals surface area contributed by atoms with E-state index in [1.807, 2.05) is 13.8 Å². The van der Waals surface area contributed by atoms with E-state index in [4.69, 9.17) is 5.73 Å². The largest absolute Gasteiger partial charge is 0.395 e. The molecule has 1 amide bonds. The highest BCUT2D eigenvalue weighted by molar-refractivity contribution is 5.97. The van der Waals surface area contributed by atoms with Crippen LogP contribution in [0.5, 0.6) is 0 Å². The first kappa shape index (κ1) is 12.9. The molecule has 100 valence electrons. The highest BCUT2D eigenvalue weighted by Gasteiger charge is 2.20. The Hall–Kier alpha value is -1.52. The minimum atomic E-state index is -0.171. The number of carbonyl (C=O) groups excluding carboxylic acids is 1. The summed E-state index contributed by atoms with van der Waals surface area (Å²) in [4.78, 5) is 11.9. The van der Waals surface area contributed by atoms with E-state index in [-0.39, 0.29) is 11.8 Å². The topological polar surface area (TPSA) is 83.8 Å². The summed E-state index contributed by atoms with van der Waals surface area (Å²) < 4.78 is 0. The minimum absolute atomic E-state index is 0.171. The van der Waals surface area contributed by atoms with E-state index < -0.39 is 0 Å². The molecule has 4 N–H and O–H groups in total. The van der Waals surface area contributed by atoms with E-state index in [0.717, 1.165) is 18.0 Å². The molecular weight excluding hydrogens is 228 g/mol. The van der Waals surface area contributed by atoms with Gasteiger partial charge in [0, 0.05) is 6.54 Å². The van der Waals surface area contributed by atoms with Crippen LogP contribution in [0.25, 0.3) is 0 Å². The molecule has 0 radical (unpaired) electrons. The number of nitrogens with two attached hydrogens (primary N) is 1. The Morgan fingerprint density at radius 3 is 2.78 bits per heavy atom. The van der Waals surface area contributed by atoms with Gasteiger partial charge in [-0.05, 0) is 18.3 Å². The average molecular weight is 250 g/mol. The number of nitrogens with one attached hydrogen (secondary N) is 2. The van der Waals surface area contributed by atoms with Crippen molar-refractivity contribution in [1.29, 1.82) is 0 Å². The van der Waals surface area contributed by atoms with Gasteiger partial charge < -0.3 is 11.1 Å². The van der Waals surface area contributed by atoms with E-state index in [0.29, 0.717) is 17.9 Å². The van der Waals surface area contributed by atoms with Crippen LogP contribution in [0.4, 0.5) is 5.69 Å². The van der Waals surface area contributed by atoms with Gasteiger partial charge in [0.15, 0.2) is 5.69 Å². The Labute approximate surface area is 108 Å². The van der Waals surface area contributed by atoms with E-state index in [1.54, 1.807) is 0 Å². The molecule has 18 heavy (non-hydrogen) atoms. The number of carbonyl (C=O) groups is 1. The van der Waals surface area contributed by atoms with Crippen LogP contribution in [0.1, 0.15) is 61.6 Å². The number of aromatic nitrogens is 2. The van der Waals surface area contributed by atoms with Crippen molar-refractivity contribution in [2.45, 2.75) is 45.4 Å². The molecule has 1 aliphatic rings. The number of amides is 1. The summed E-state index contributed by atoms with van der Waals surface area (Å²) >= 11 is 0. The maximum Gasteiger partial charge on any atom is 0.273 e. The smallest absolute Gasteiger partial charge is 0.273 e. The second kappa shape index (κ2) is 5.42. The first-order valence-corrected chi connectivity index (χ1v) is 6.71. The number of H-pyrrole nitrogens is 1. The summed E-state index contributed by atoms with van der Waals surface area (Å²) in [6, 6.07) is 0. The van der Waals surface area contributed by atoms with Crippen molar-refractivity contribution in [3.8, 4) is 0 Å². The van der Waals surface area contributed by atoms with Gasteiger partial charge in [0.25, 0.3) is 5.91 Å². The third-order valence-corrected chi connectivity index (χ3v) is 3.69. The van der Waals surface area contributed by atoms with E-state index in [9.17, 15) is 4.79 Å². The van der Waals surface area contributed by atoms with Gasteiger partial charge in [-0.1, -0.05) is 33.1 Å². The molecule has 1 heterocycles.